The Labute approximate surface area is 525 Å². The van der Waals surface area contributed by atoms with Gasteiger partial charge in [0.25, 0.3) is 5.91 Å². The summed E-state index contributed by atoms with van der Waals surface area (Å²) in [4.78, 5) is 169. The van der Waals surface area contributed by atoms with Gasteiger partial charge in [0.2, 0.25) is 59.1 Å². The first-order valence-corrected chi connectivity index (χ1v) is 31.2. The maximum absolute atomic E-state index is 15.2. The number of amides is 11. The number of aliphatic hydroxyl groups excluding tert-OH is 1. The van der Waals surface area contributed by atoms with Gasteiger partial charge in [0.05, 0.1) is 11.7 Å². The molecule has 0 spiro atoms. The van der Waals surface area contributed by atoms with Crippen LogP contribution >= 0.6 is 0 Å². The molecular formula is C64H113N11O13. The van der Waals surface area contributed by atoms with Crippen LogP contribution in [0.5, 0.6) is 0 Å². The highest BCUT2D eigenvalue weighted by atomic mass is 16.3. The molecule has 6 N–H and O–H groups in total. The normalized spacial score (nSPS) is 26.6. The summed E-state index contributed by atoms with van der Waals surface area (Å²) in [7, 11) is 9.53. The quantitative estimate of drug-likeness (QED) is 0.0957. The zero-order chi connectivity index (χ0) is 68.5. The van der Waals surface area contributed by atoms with Crippen molar-refractivity contribution in [1.29, 1.82) is 0 Å². The van der Waals surface area contributed by atoms with Gasteiger partial charge in [-0.25, -0.2) is 0 Å². The minimum atomic E-state index is -1.67. The molecule has 0 aromatic carbocycles. The number of carbonyl (C=O) groups excluding carboxylic acids is 11. The lowest BCUT2D eigenvalue weighted by Gasteiger charge is -2.41. The molecular weight excluding hydrogens is 1130 g/mol. The number of hydrogen-bond acceptors (Lipinski definition) is 13. The van der Waals surface area contributed by atoms with Gasteiger partial charge in [-0.05, 0) is 109 Å². The molecule has 12 atom stereocenters. The fraction of sp³-hybridized carbons (Fsp3) is 0.766. The van der Waals surface area contributed by atoms with Gasteiger partial charge in [-0.15, -0.1) is 0 Å². The van der Waals surface area contributed by atoms with Crippen LogP contribution in [-0.2, 0) is 52.7 Å². The van der Waals surface area contributed by atoms with Crippen molar-refractivity contribution in [2.24, 2.45) is 35.5 Å². The number of nitrogens with zero attached hydrogens (tertiary/aromatic N) is 7. The zero-order valence-electron chi connectivity index (χ0n) is 57.6. The summed E-state index contributed by atoms with van der Waals surface area (Å²) < 4.78 is 0. The largest absolute Gasteiger partial charge is 0.390 e. The fourth-order valence-corrected chi connectivity index (χ4v) is 10.8. The Morgan fingerprint density at radius 3 is 1.45 bits per heavy atom. The van der Waals surface area contributed by atoms with Crippen molar-refractivity contribution in [2.75, 3.05) is 49.3 Å². The second-order valence-corrected chi connectivity index (χ2v) is 26.9. The third-order valence-corrected chi connectivity index (χ3v) is 16.6. The highest BCUT2D eigenvalue weighted by Crippen LogP contribution is 2.26. The predicted molar refractivity (Wildman–Crippen MR) is 339 cm³/mol. The molecule has 1 rings (SSSR count). The molecule has 0 radical (unpaired) electrons. The first kappa shape index (κ1) is 79.6. The first-order valence-electron chi connectivity index (χ1n) is 31.2. The maximum Gasteiger partial charge on any atom is 0.270 e. The van der Waals surface area contributed by atoms with Crippen molar-refractivity contribution in [3.8, 4) is 0 Å². The van der Waals surface area contributed by atoms with E-state index < -0.39 is 161 Å². The van der Waals surface area contributed by atoms with Crippen LogP contribution in [-0.4, -0.2) is 231 Å². The summed E-state index contributed by atoms with van der Waals surface area (Å²) in [6.07, 6.45) is 2.72. The lowest BCUT2D eigenvalue weighted by Crippen LogP contribution is -2.63. The van der Waals surface area contributed by atoms with Gasteiger partial charge in [0.15, 0.2) is 0 Å². The fourth-order valence-electron chi connectivity index (χ4n) is 10.8. The molecule has 1 unspecified atom stereocenters. The van der Waals surface area contributed by atoms with Crippen molar-refractivity contribution < 1.29 is 63.0 Å². The molecule has 502 valence electrons. The van der Waals surface area contributed by atoms with Gasteiger partial charge in [-0.3, -0.25) is 52.7 Å². The molecule has 1 aliphatic heterocycles. The van der Waals surface area contributed by atoms with E-state index in [-0.39, 0.29) is 56.3 Å². The summed E-state index contributed by atoms with van der Waals surface area (Å²) in [5.74, 6) is -10.5. The van der Waals surface area contributed by atoms with E-state index in [4.69, 9.17) is 0 Å². The van der Waals surface area contributed by atoms with Crippen LogP contribution in [0, 0.1) is 35.5 Å². The minimum Gasteiger partial charge on any atom is -0.390 e. The lowest BCUT2D eigenvalue weighted by molar-refractivity contribution is -0.157. The van der Waals surface area contributed by atoms with Crippen LogP contribution in [0.25, 0.3) is 0 Å². The number of hydrogen-bond donors (Lipinski definition) is 6. The minimum absolute atomic E-state index is 0.0615. The smallest absolute Gasteiger partial charge is 0.270 e. The summed E-state index contributed by atoms with van der Waals surface area (Å²) in [5.41, 5.74) is -2.04. The molecule has 1 saturated heterocycles. The monoisotopic (exact) mass is 1240 g/mol. The van der Waals surface area contributed by atoms with Crippen molar-refractivity contribution >= 4 is 65.0 Å². The van der Waals surface area contributed by atoms with Gasteiger partial charge in [0.1, 0.15) is 66.1 Å². The summed E-state index contributed by atoms with van der Waals surface area (Å²) >= 11 is 0. The molecule has 11 amide bonds. The molecule has 0 aliphatic carbocycles. The Bertz CT molecular complexity index is 2480. The molecule has 0 saturated carbocycles. The number of aliphatic hydroxyl groups is 2. The SMILES string of the molecule is C=C1C(=O)N(C)[C@@H](CC(C)(C)O)C(=O)N[C@H](C(C)C)C(=O)N(C)[C@H](CCC(C)C)C(=O)N[C@H](C)C(=O)N[C@@H](C)C(=O)N(C)[C@@H](CC(C)C)C(=O)N(C)[C@@H](CC(C)C)C(=O)N(C)[C@@H](C(C)C)C(=O)N(C)C([C@H](O)[C@H](C)C/C=C/C)C(=O)N[C@@H](CC)C(=O)N1C. The molecule has 88 heavy (non-hydrogen) atoms. The van der Waals surface area contributed by atoms with E-state index in [1.165, 1.54) is 96.6 Å². The Morgan fingerprint density at radius 2 is 1.00 bits per heavy atom. The summed E-state index contributed by atoms with van der Waals surface area (Å²) in [5, 5.41) is 34.1. The number of likely N-dealkylation sites (N-methyl/N-ethyl adjacent to an activating group) is 7. The van der Waals surface area contributed by atoms with Crippen molar-refractivity contribution in [2.45, 2.75) is 235 Å². The van der Waals surface area contributed by atoms with Crippen LogP contribution in [0.3, 0.4) is 0 Å². The van der Waals surface area contributed by atoms with Gasteiger partial charge >= 0.3 is 0 Å². The third-order valence-electron chi connectivity index (χ3n) is 16.6. The topological polar surface area (TPSA) is 299 Å². The standard InChI is InChI=1S/C64H113N11O13/c1-26-28-29-40(13)52(76)51-56(80)67-44(27-2)59(83)69(19)43(16)58(82)73(23)48(34-64(17,18)88)55(79)68-49(38(9)10)62(86)70(20)45(31-30-35(3)4)54(78)65-41(14)53(77)66-42(15)57(81)71(21)46(32-36(5)6)60(84)72(22)47(33-37(7)8)61(85)74(24)50(39(11)12)63(87)75(51)25/h26,28,35-42,44-52,76,88H,16,27,29-34H2,1-15,17-25H3,(H,65,78)(H,66,77)(H,67,80)(H,68,79)/b28-26+/t40-,41-,42+,44+,45-,46+,47+,48+,49-,50+,51?,52-/m1/s1. The molecule has 1 aliphatic rings. The van der Waals surface area contributed by atoms with Crippen molar-refractivity contribution in [3.63, 3.8) is 0 Å². The van der Waals surface area contributed by atoms with Gasteiger partial charge in [-0.2, -0.15) is 0 Å². The second kappa shape index (κ2) is 35.1. The number of allylic oxidation sites excluding steroid dienone is 2. The van der Waals surface area contributed by atoms with E-state index in [1.807, 2.05) is 41.5 Å². The molecule has 1 heterocycles. The highest BCUT2D eigenvalue weighted by Gasteiger charge is 2.46. The highest BCUT2D eigenvalue weighted by molar-refractivity contribution is 6.02. The molecule has 24 heteroatoms. The summed E-state index contributed by atoms with van der Waals surface area (Å²) in [6, 6.07) is -13.2. The zero-order valence-corrected chi connectivity index (χ0v) is 57.6. The van der Waals surface area contributed by atoms with Gasteiger partial charge < -0.3 is 65.8 Å². The summed E-state index contributed by atoms with van der Waals surface area (Å²) in [6.45, 7) is 32.7. The van der Waals surface area contributed by atoms with E-state index in [0.717, 1.165) is 14.7 Å². The van der Waals surface area contributed by atoms with Gasteiger partial charge in [-0.1, -0.05) is 102 Å². The average molecular weight is 1240 g/mol. The Kier molecular flexibility index (Phi) is 31.7. The van der Waals surface area contributed by atoms with Crippen molar-refractivity contribution in [1.82, 2.24) is 55.6 Å². The Morgan fingerprint density at radius 1 is 0.534 bits per heavy atom. The molecule has 1 fully saturated rings. The third kappa shape index (κ3) is 22.0. The van der Waals surface area contributed by atoms with E-state index in [2.05, 4.69) is 27.8 Å². The van der Waals surface area contributed by atoms with Crippen LogP contribution < -0.4 is 21.3 Å². The second-order valence-electron chi connectivity index (χ2n) is 26.9. The number of nitrogens with one attached hydrogen (secondary N) is 4. The van der Waals surface area contributed by atoms with E-state index in [0.29, 0.717) is 6.42 Å². The van der Waals surface area contributed by atoms with E-state index >= 15 is 9.59 Å². The molecule has 0 aromatic heterocycles. The predicted octanol–water partition coefficient (Wildman–Crippen LogP) is 3.29. The lowest BCUT2D eigenvalue weighted by atomic mass is 9.91. The number of rotatable bonds is 16. The first-order chi connectivity index (χ1) is 40.4. The average Bonchev–Trinajstić information content (AvgIpc) is 3.18. The number of carbonyl (C=O) groups is 11. The van der Waals surface area contributed by atoms with Crippen molar-refractivity contribution in [3.05, 3.63) is 24.4 Å². The van der Waals surface area contributed by atoms with Crippen LogP contribution in [0.4, 0.5) is 0 Å². The molecule has 0 bridgehead atoms. The maximum atomic E-state index is 15.2. The Hall–Kier alpha value is -6.43. The van der Waals surface area contributed by atoms with Gasteiger partial charge in [0, 0.05) is 55.8 Å². The van der Waals surface area contributed by atoms with E-state index in [1.54, 1.807) is 60.6 Å². The van der Waals surface area contributed by atoms with Crippen LogP contribution in [0.15, 0.2) is 24.4 Å². The van der Waals surface area contributed by atoms with Crippen LogP contribution in [0.1, 0.15) is 163 Å². The Balaban J connectivity index is 4.42. The van der Waals surface area contributed by atoms with Crippen LogP contribution in [0.2, 0.25) is 0 Å². The molecule has 24 nitrogen and oxygen atoms in total. The molecule has 0 aromatic rings. The van der Waals surface area contributed by atoms with E-state index in [9.17, 15) is 53.4 Å².